The zero-order valence-corrected chi connectivity index (χ0v) is 15.3. The van der Waals surface area contributed by atoms with Crippen LogP contribution in [0.15, 0.2) is 24.4 Å². The van der Waals surface area contributed by atoms with Gasteiger partial charge < -0.3 is 5.11 Å². The largest absolute Gasteiger partial charge is 0.396 e. The summed E-state index contributed by atoms with van der Waals surface area (Å²) < 4.78 is 2.46. The van der Waals surface area contributed by atoms with E-state index < -0.39 is 0 Å². The number of unbranched alkanes of at least 4 members (excludes halogenated alkanes) is 10. The fraction of sp³-hybridized carbons (Fsp3) is 0.762. The van der Waals surface area contributed by atoms with Crippen LogP contribution in [0.4, 0.5) is 0 Å². The van der Waals surface area contributed by atoms with E-state index in [0.29, 0.717) is 6.61 Å². The van der Waals surface area contributed by atoms with Crippen molar-refractivity contribution in [2.24, 2.45) is 0 Å². The molecule has 0 aliphatic carbocycles. The van der Waals surface area contributed by atoms with Gasteiger partial charge in [-0.05, 0) is 19.3 Å². The van der Waals surface area contributed by atoms with Gasteiger partial charge in [0.15, 0.2) is 11.9 Å². The third kappa shape index (κ3) is 10.5. The van der Waals surface area contributed by atoms with Gasteiger partial charge in [0.2, 0.25) is 0 Å². The molecule has 0 spiro atoms. The highest BCUT2D eigenvalue weighted by atomic mass is 16.2. The first kappa shape index (κ1) is 20.2. The van der Waals surface area contributed by atoms with Gasteiger partial charge in [-0.25, -0.2) is 4.57 Å². The van der Waals surface area contributed by atoms with E-state index in [-0.39, 0.29) is 0 Å². The van der Waals surface area contributed by atoms with Crippen LogP contribution in [0.25, 0.3) is 0 Å². The Labute approximate surface area is 143 Å². The van der Waals surface area contributed by atoms with Gasteiger partial charge in [0.05, 0.1) is 0 Å². The molecule has 132 valence electrons. The van der Waals surface area contributed by atoms with Gasteiger partial charge in [-0.2, -0.15) is 0 Å². The van der Waals surface area contributed by atoms with E-state index in [9.17, 15) is 0 Å². The lowest BCUT2D eigenvalue weighted by Gasteiger charge is -2.04. The van der Waals surface area contributed by atoms with Crippen molar-refractivity contribution in [3.8, 4) is 0 Å². The van der Waals surface area contributed by atoms with Crippen LogP contribution in [0.2, 0.25) is 0 Å². The van der Waals surface area contributed by atoms with Crippen molar-refractivity contribution in [2.45, 2.75) is 96.9 Å². The van der Waals surface area contributed by atoms with E-state index in [2.05, 4.69) is 35.9 Å². The minimum atomic E-state index is 0.361. The monoisotopic (exact) mass is 320 g/mol. The third-order valence-electron chi connectivity index (χ3n) is 4.63. The van der Waals surface area contributed by atoms with Crippen LogP contribution in [-0.4, -0.2) is 11.7 Å². The van der Waals surface area contributed by atoms with Gasteiger partial charge in [-0.3, -0.25) is 0 Å². The van der Waals surface area contributed by atoms with E-state index >= 15 is 0 Å². The Balaban J connectivity index is 2.00. The molecule has 0 saturated heterocycles. The number of aliphatic hydroxyl groups is 1. The molecule has 0 amide bonds. The van der Waals surface area contributed by atoms with Crippen LogP contribution in [0, 0.1) is 0 Å². The highest BCUT2D eigenvalue weighted by Crippen LogP contribution is 2.10. The third-order valence-corrected chi connectivity index (χ3v) is 4.63. The molecule has 0 fully saturated rings. The summed E-state index contributed by atoms with van der Waals surface area (Å²) in [5, 5.41) is 8.73. The number of hydrogen-bond donors (Lipinski definition) is 1. The van der Waals surface area contributed by atoms with E-state index in [4.69, 9.17) is 5.11 Å². The molecule has 1 N–H and O–H groups in total. The number of rotatable bonds is 15. The first-order chi connectivity index (χ1) is 11.4. The Morgan fingerprint density at radius 2 is 1.39 bits per heavy atom. The quantitative estimate of drug-likeness (QED) is 0.348. The topological polar surface area (TPSA) is 24.1 Å². The van der Waals surface area contributed by atoms with Crippen molar-refractivity contribution in [2.75, 3.05) is 6.61 Å². The maximum atomic E-state index is 8.73. The molecule has 0 aromatic carbocycles. The standard InChI is InChI=1S/C21H38NO/c1-2-3-16-21-17-12-14-19-22(21)18-13-10-8-6-4-5-7-9-11-15-20-23/h12,14,17,19,23H,2-11,13,15-16,18,20H2,1H3/q+1. The Morgan fingerprint density at radius 3 is 2.00 bits per heavy atom. The number of aliphatic hydroxyl groups excluding tert-OH is 1. The van der Waals surface area contributed by atoms with Gasteiger partial charge in [0.25, 0.3) is 0 Å². The van der Waals surface area contributed by atoms with Crippen molar-refractivity contribution in [3.63, 3.8) is 0 Å². The molecule has 0 atom stereocenters. The van der Waals surface area contributed by atoms with Crippen molar-refractivity contribution in [3.05, 3.63) is 30.1 Å². The molecule has 23 heavy (non-hydrogen) atoms. The molecule has 0 bridgehead atoms. The number of hydrogen-bond acceptors (Lipinski definition) is 1. The smallest absolute Gasteiger partial charge is 0.181 e. The summed E-state index contributed by atoms with van der Waals surface area (Å²) in [6, 6.07) is 6.61. The highest BCUT2D eigenvalue weighted by molar-refractivity contribution is 4.97. The molecule has 1 aromatic heterocycles. The predicted octanol–water partition coefficient (Wildman–Crippen LogP) is 5.21. The normalized spacial score (nSPS) is 11.0. The zero-order valence-electron chi connectivity index (χ0n) is 15.3. The van der Waals surface area contributed by atoms with Gasteiger partial charge in [0, 0.05) is 31.6 Å². The number of pyridine rings is 1. The molecule has 0 aliphatic heterocycles. The summed E-state index contributed by atoms with van der Waals surface area (Å²) in [5.74, 6) is 0. The van der Waals surface area contributed by atoms with E-state index in [1.807, 2.05) is 0 Å². The molecule has 0 saturated carbocycles. The minimum absolute atomic E-state index is 0.361. The number of aromatic nitrogens is 1. The molecule has 2 nitrogen and oxygen atoms in total. The molecule has 1 rings (SSSR count). The van der Waals surface area contributed by atoms with Crippen molar-refractivity contribution < 1.29 is 9.67 Å². The Hall–Kier alpha value is -0.890. The van der Waals surface area contributed by atoms with Crippen molar-refractivity contribution >= 4 is 0 Å². The summed E-state index contributed by atoms with van der Waals surface area (Å²) in [7, 11) is 0. The van der Waals surface area contributed by atoms with Gasteiger partial charge >= 0.3 is 0 Å². The van der Waals surface area contributed by atoms with Gasteiger partial charge in [0.1, 0.15) is 6.54 Å². The van der Waals surface area contributed by atoms with Crippen LogP contribution in [0.5, 0.6) is 0 Å². The maximum Gasteiger partial charge on any atom is 0.181 e. The lowest BCUT2D eigenvalue weighted by Crippen LogP contribution is -2.37. The first-order valence-corrected chi connectivity index (χ1v) is 9.96. The summed E-state index contributed by atoms with van der Waals surface area (Å²) in [6.07, 6.45) is 19.1. The summed E-state index contributed by atoms with van der Waals surface area (Å²) in [6.45, 7) is 3.81. The van der Waals surface area contributed by atoms with Crippen LogP contribution >= 0.6 is 0 Å². The second-order valence-corrected chi connectivity index (χ2v) is 6.75. The second-order valence-electron chi connectivity index (χ2n) is 6.75. The van der Waals surface area contributed by atoms with Crippen LogP contribution in [-0.2, 0) is 13.0 Å². The second kappa shape index (κ2) is 14.7. The van der Waals surface area contributed by atoms with Gasteiger partial charge in [-0.1, -0.05) is 64.4 Å². The fourth-order valence-electron chi connectivity index (χ4n) is 3.12. The van der Waals surface area contributed by atoms with Crippen LogP contribution < -0.4 is 4.57 Å². The molecule has 1 aromatic rings. The predicted molar refractivity (Wildman–Crippen MR) is 98.5 cm³/mol. The molecular formula is C21H38NO+. The molecule has 0 aliphatic rings. The maximum absolute atomic E-state index is 8.73. The molecule has 0 radical (unpaired) electrons. The molecule has 1 heterocycles. The lowest BCUT2D eigenvalue weighted by atomic mass is 10.1. The van der Waals surface area contributed by atoms with Crippen LogP contribution in [0.1, 0.15) is 89.7 Å². The summed E-state index contributed by atoms with van der Waals surface area (Å²) in [4.78, 5) is 0. The highest BCUT2D eigenvalue weighted by Gasteiger charge is 2.08. The van der Waals surface area contributed by atoms with E-state index in [1.54, 1.807) is 0 Å². The zero-order chi connectivity index (χ0) is 16.6. The Bertz CT molecular complexity index is 378. The Kier molecular flexibility index (Phi) is 12.9. The van der Waals surface area contributed by atoms with E-state index in [1.165, 1.54) is 89.3 Å². The van der Waals surface area contributed by atoms with Crippen molar-refractivity contribution in [1.29, 1.82) is 0 Å². The number of nitrogens with zero attached hydrogens (tertiary/aromatic N) is 1. The SMILES string of the molecule is CCCCc1cccc[n+]1CCCCCCCCCCCCO. The van der Waals surface area contributed by atoms with Crippen LogP contribution in [0.3, 0.4) is 0 Å². The van der Waals surface area contributed by atoms with E-state index in [0.717, 1.165) is 6.42 Å². The molecule has 0 unspecified atom stereocenters. The first-order valence-electron chi connectivity index (χ1n) is 9.96. The Morgan fingerprint density at radius 1 is 0.783 bits per heavy atom. The summed E-state index contributed by atoms with van der Waals surface area (Å²) in [5.41, 5.74) is 1.50. The average Bonchev–Trinajstić information content (AvgIpc) is 2.58. The van der Waals surface area contributed by atoms with Crippen molar-refractivity contribution in [1.82, 2.24) is 0 Å². The lowest BCUT2D eigenvalue weighted by molar-refractivity contribution is -0.704. The molecule has 2 heteroatoms. The number of aryl methyl sites for hydroxylation is 2. The minimum Gasteiger partial charge on any atom is -0.396 e. The summed E-state index contributed by atoms with van der Waals surface area (Å²) >= 11 is 0. The fourth-order valence-corrected chi connectivity index (χ4v) is 3.12. The molecular weight excluding hydrogens is 282 g/mol. The average molecular weight is 321 g/mol. The van der Waals surface area contributed by atoms with Gasteiger partial charge in [-0.15, -0.1) is 0 Å².